The van der Waals surface area contributed by atoms with Gasteiger partial charge in [0.15, 0.2) is 0 Å². The van der Waals surface area contributed by atoms with Crippen LogP contribution in [0.5, 0.6) is 0 Å². The number of ether oxygens (including phenoxy) is 2. The number of nitrogens with zero attached hydrogens (tertiary/aromatic N) is 2. The zero-order valence-electron chi connectivity index (χ0n) is 22.0. The topological polar surface area (TPSA) is 124 Å². The Kier molecular flexibility index (Phi) is 12.2. The van der Waals surface area contributed by atoms with Crippen LogP contribution in [0.25, 0.3) is 0 Å². The fraction of sp³-hybridized carbons (Fsp3) is 0.667. The molecule has 3 rings (SSSR count). The molecule has 7 unspecified atom stereocenters. The van der Waals surface area contributed by atoms with E-state index in [1.165, 1.54) is 0 Å². The number of nitriles is 2. The molecule has 8 nitrogen and oxygen atoms in total. The van der Waals surface area contributed by atoms with Gasteiger partial charge in [0, 0.05) is 31.0 Å². The van der Waals surface area contributed by atoms with Gasteiger partial charge in [-0.1, -0.05) is 30.3 Å². The van der Waals surface area contributed by atoms with Crippen LogP contribution >= 0.6 is 0 Å². The summed E-state index contributed by atoms with van der Waals surface area (Å²) in [4.78, 5) is 24.2. The summed E-state index contributed by atoms with van der Waals surface area (Å²) in [5.41, 5.74) is 0. The standard InChI is InChI=1S/C30H38N4O4/c1-2-29(35)37-15-3-4-16-38-30(36)28-17-22(6-11-26-12-7-23(18-31)20-33-26)5-9-25(28)10-14-27-13-8-24(19-32)21-34-27/h2,22-28,33-34H,1,3-5,7-9,12-13,15-17,20-21H2. The van der Waals surface area contributed by atoms with Gasteiger partial charge in [-0.15, -0.1) is 0 Å². The van der Waals surface area contributed by atoms with Gasteiger partial charge in [-0.3, -0.25) is 4.79 Å². The minimum absolute atomic E-state index is 0.0366. The first-order valence-electron chi connectivity index (χ1n) is 13.8. The maximum absolute atomic E-state index is 13.1. The van der Waals surface area contributed by atoms with Crippen molar-refractivity contribution in [3.05, 3.63) is 12.7 Å². The normalized spacial score (nSPS) is 30.5. The molecule has 2 heterocycles. The highest BCUT2D eigenvalue weighted by Gasteiger charge is 2.35. The van der Waals surface area contributed by atoms with Crippen molar-refractivity contribution in [3.63, 3.8) is 0 Å². The molecular weight excluding hydrogens is 480 g/mol. The number of hydrogen-bond acceptors (Lipinski definition) is 8. The molecule has 38 heavy (non-hydrogen) atoms. The Balaban J connectivity index is 1.56. The molecule has 3 aliphatic rings. The second kappa shape index (κ2) is 15.8. The van der Waals surface area contributed by atoms with Crippen molar-refractivity contribution < 1.29 is 19.1 Å². The van der Waals surface area contributed by atoms with Gasteiger partial charge in [-0.2, -0.15) is 10.5 Å². The molecule has 202 valence electrons. The van der Waals surface area contributed by atoms with Gasteiger partial charge in [0.25, 0.3) is 0 Å². The first-order valence-corrected chi connectivity index (χ1v) is 13.8. The molecule has 0 aromatic heterocycles. The Morgan fingerprint density at radius 1 is 0.789 bits per heavy atom. The molecule has 7 atom stereocenters. The maximum atomic E-state index is 13.1. The van der Waals surface area contributed by atoms with E-state index in [0.717, 1.165) is 44.6 Å². The number of carbonyl (C=O) groups excluding carboxylic acids is 2. The van der Waals surface area contributed by atoms with Crippen molar-refractivity contribution in [2.24, 2.45) is 29.6 Å². The molecule has 8 heteroatoms. The first kappa shape index (κ1) is 29.3. The molecule has 0 aromatic rings. The maximum Gasteiger partial charge on any atom is 0.330 e. The predicted molar refractivity (Wildman–Crippen MR) is 141 cm³/mol. The summed E-state index contributed by atoms with van der Waals surface area (Å²) in [6, 6.07) is 4.75. The van der Waals surface area contributed by atoms with E-state index in [1.54, 1.807) is 0 Å². The van der Waals surface area contributed by atoms with E-state index in [-0.39, 0.29) is 60.9 Å². The second-order valence-corrected chi connectivity index (χ2v) is 10.3. The van der Waals surface area contributed by atoms with E-state index in [9.17, 15) is 9.59 Å². The van der Waals surface area contributed by atoms with Gasteiger partial charge < -0.3 is 20.1 Å². The molecule has 2 aliphatic heterocycles. The monoisotopic (exact) mass is 518 g/mol. The van der Waals surface area contributed by atoms with Crippen molar-refractivity contribution in [2.75, 3.05) is 26.3 Å². The van der Waals surface area contributed by atoms with Crippen molar-refractivity contribution in [2.45, 2.75) is 69.9 Å². The van der Waals surface area contributed by atoms with Crippen molar-refractivity contribution in [1.82, 2.24) is 10.6 Å². The number of unbranched alkanes of at least 4 members (excludes halogenated alkanes) is 1. The third-order valence-electron chi connectivity index (χ3n) is 7.45. The number of nitrogens with one attached hydrogen (secondary N) is 2. The number of piperidine rings is 2. The molecular formula is C30H38N4O4. The van der Waals surface area contributed by atoms with E-state index in [1.807, 2.05) is 0 Å². The minimum atomic E-state index is -0.457. The van der Waals surface area contributed by atoms with Crippen molar-refractivity contribution >= 4 is 11.9 Å². The van der Waals surface area contributed by atoms with E-state index < -0.39 is 5.97 Å². The largest absolute Gasteiger partial charge is 0.465 e. The molecule has 0 bridgehead atoms. The van der Waals surface area contributed by atoms with Crippen LogP contribution < -0.4 is 10.6 Å². The summed E-state index contributed by atoms with van der Waals surface area (Å²) in [6.45, 7) is 5.22. The van der Waals surface area contributed by atoms with Gasteiger partial charge in [0.1, 0.15) is 0 Å². The highest BCUT2D eigenvalue weighted by atomic mass is 16.5. The molecule has 1 aliphatic carbocycles. The van der Waals surface area contributed by atoms with Crippen LogP contribution in [0.4, 0.5) is 0 Å². The third-order valence-corrected chi connectivity index (χ3v) is 7.45. The van der Waals surface area contributed by atoms with E-state index >= 15 is 0 Å². The van der Waals surface area contributed by atoms with E-state index in [0.29, 0.717) is 32.4 Å². The average Bonchev–Trinajstić information content (AvgIpc) is 2.97. The third kappa shape index (κ3) is 9.54. The summed E-state index contributed by atoms with van der Waals surface area (Å²) in [5.74, 6) is 12.5. The van der Waals surface area contributed by atoms with Gasteiger partial charge in [0.05, 0.1) is 55.2 Å². The summed E-state index contributed by atoms with van der Waals surface area (Å²) in [6.07, 6.45) is 8.00. The van der Waals surface area contributed by atoms with Crippen molar-refractivity contribution in [3.8, 4) is 35.8 Å². The molecule has 0 radical (unpaired) electrons. The molecule has 0 spiro atoms. The Morgan fingerprint density at radius 3 is 1.92 bits per heavy atom. The lowest BCUT2D eigenvalue weighted by Crippen LogP contribution is -2.38. The second-order valence-electron chi connectivity index (χ2n) is 10.3. The Hall–Kier alpha value is -3.30. The SMILES string of the molecule is C=CC(=O)OCCCCOC(=O)C1CC(C#CC2CCC(C#N)CN2)CCC1C#CC1CCC(C#N)CN1. The number of rotatable bonds is 7. The lowest BCUT2D eigenvalue weighted by Gasteiger charge is -2.30. The number of hydrogen-bond donors (Lipinski definition) is 2. The van der Waals surface area contributed by atoms with Crippen LogP contribution in [0.15, 0.2) is 12.7 Å². The summed E-state index contributed by atoms with van der Waals surface area (Å²) < 4.78 is 10.6. The van der Waals surface area contributed by atoms with Crippen LogP contribution in [-0.2, 0) is 19.1 Å². The zero-order valence-corrected chi connectivity index (χ0v) is 22.0. The van der Waals surface area contributed by atoms with Gasteiger partial charge in [-0.05, 0) is 57.8 Å². The zero-order chi connectivity index (χ0) is 27.2. The predicted octanol–water partition coefficient (Wildman–Crippen LogP) is 2.86. The molecule has 2 N–H and O–H groups in total. The highest BCUT2D eigenvalue weighted by Crippen LogP contribution is 2.34. The lowest BCUT2D eigenvalue weighted by molar-refractivity contribution is -0.151. The van der Waals surface area contributed by atoms with Crippen LogP contribution in [0, 0.1) is 75.9 Å². The number of carbonyl (C=O) groups is 2. The van der Waals surface area contributed by atoms with Gasteiger partial charge in [0.2, 0.25) is 0 Å². The summed E-state index contributed by atoms with van der Waals surface area (Å²) >= 11 is 0. The molecule has 2 saturated heterocycles. The minimum Gasteiger partial charge on any atom is -0.465 e. The Morgan fingerprint density at radius 2 is 1.37 bits per heavy atom. The molecule has 3 fully saturated rings. The van der Waals surface area contributed by atoms with E-state index in [2.05, 4.69) is 53.0 Å². The Bertz CT molecular complexity index is 1020. The fourth-order valence-corrected chi connectivity index (χ4v) is 5.06. The van der Waals surface area contributed by atoms with Gasteiger partial charge in [-0.25, -0.2) is 4.79 Å². The quantitative estimate of drug-likeness (QED) is 0.228. The molecule has 1 saturated carbocycles. The van der Waals surface area contributed by atoms with Crippen LogP contribution in [-0.4, -0.2) is 50.3 Å². The fourth-order valence-electron chi connectivity index (χ4n) is 5.06. The smallest absolute Gasteiger partial charge is 0.330 e. The number of esters is 2. The average molecular weight is 519 g/mol. The van der Waals surface area contributed by atoms with Crippen molar-refractivity contribution in [1.29, 1.82) is 10.5 Å². The van der Waals surface area contributed by atoms with E-state index in [4.69, 9.17) is 20.0 Å². The van der Waals surface area contributed by atoms with Gasteiger partial charge >= 0.3 is 11.9 Å². The summed E-state index contributed by atoms with van der Waals surface area (Å²) in [5, 5.41) is 24.9. The Labute approximate surface area is 226 Å². The first-order chi connectivity index (χ1) is 18.5. The molecule has 0 amide bonds. The lowest BCUT2D eigenvalue weighted by atomic mass is 9.74. The highest BCUT2D eigenvalue weighted by molar-refractivity contribution is 5.81. The summed E-state index contributed by atoms with van der Waals surface area (Å²) in [7, 11) is 0. The van der Waals surface area contributed by atoms with Crippen LogP contribution in [0.3, 0.4) is 0 Å². The van der Waals surface area contributed by atoms with Crippen LogP contribution in [0.1, 0.15) is 57.8 Å². The molecule has 0 aromatic carbocycles. The van der Waals surface area contributed by atoms with Crippen LogP contribution in [0.2, 0.25) is 0 Å².